The van der Waals surface area contributed by atoms with Gasteiger partial charge in [-0.1, -0.05) is 68.4 Å². The van der Waals surface area contributed by atoms with Crippen LogP contribution in [0.4, 0.5) is 11.7 Å². The minimum absolute atomic E-state index is 0.0765. The summed E-state index contributed by atoms with van der Waals surface area (Å²) in [5.41, 5.74) is 4.42. The predicted molar refractivity (Wildman–Crippen MR) is 167 cm³/mol. The molecular weight excluding hydrogens is 530 g/mol. The Bertz CT molecular complexity index is 1730. The van der Waals surface area contributed by atoms with E-state index in [0.29, 0.717) is 29.5 Å². The van der Waals surface area contributed by atoms with Gasteiger partial charge in [0, 0.05) is 11.6 Å². The number of aliphatic hydroxyl groups excluding tert-OH is 1. The van der Waals surface area contributed by atoms with Gasteiger partial charge in [-0.2, -0.15) is 4.98 Å². The molecule has 8 nitrogen and oxygen atoms in total. The van der Waals surface area contributed by atoms with Crippen molar-refractivity contribution in [2.75, 3.05) is 5.32 Å². The Labute approximate surface area is 246 Å². The summed E-state index contributed by atoms with van der Waals surface area (Å²) < 4.78 is 12.4. The summed E-state index contributed by atoms with van der Waals surface area (Å²) in [4.78, 5) is 31.3. The third-order valence-electron chi connectivity index (χ3n) is 8.12. The molecule has 4 aromatic rings. The minimum atomic E-state index is -0.608. The van der Waals surface area contributed by atoms with E-state index in [1.54, 1.807) is 0 Å². The zero-order valence-corrected chi connectivity index (χ0v) is 26.2. The summed E-state index contributed by atoms with van der Waals surface area (Å²) >= 11 is 0. The van der Waals surface area contributed by atoms with Crippen LogP contribution in [-0.2, 0) is 16.2 Å². The van der Waals surface area contributed by atoms with E-state index < -0.39 is 12.0 Å². The molecule has 0 spiro atoms. The van der Waals surface area contributed by atoms with Crippen molar-refractivity contribution in [2.45, 2.75) is 110 Å². The SMILES string of the molecule is CC(C)(C)c1cc(C(C)(C)C)c2oc(Nc3cc(C(C)(C)C)cc4c(=O)cc(C(=O)N[C@H]5CCC[C@@H]5O)oc34)nc2c1. The lowest BCUT2D eigenvalue weighted by Gasteiger charge is -2.24. The maximum absolute atomic E-state index is 13.4. The van der Waals surface area contributed by atoms with Crippen LogP contribution in [0.1, 0.15) is 109 Å². The fourth-order valence-electron chi connectivity index (χ4n) is 5.44. The quantitative estimate of drug-likeness (QED) is 0.236. The van der Waals surface area contributed by atoms with Gasteiger partial charge in [0.25, 0.3) is 11.9 Å². The molecule has 2 heterocycles. The number of hydrogen-bond acceptors (Lipinski definition) is 7. The number of aromatic nitrogens is 1. The number of carbonyl (C=O) groups is 1. The van der Waals surface area contributed by atoms with Crippen molar-refractivity contribution in [1.82, 2.24) is 10.3 Å². The van der Waals surface area contributed by atoms with Crippen LogP contribution in [0.3, 0.4) is 0 Å². The second kappa shape index (κ2) is 10.3. The number of amides is 1. The first-order valence-electron chi connectivity index (χ1n) is 14.8. The van der Waals surface area contributed by atoms with Crippen LogP contribution in [0.15, 0.2) is 44.0 Å². The average Bonchev–Trinajstić information content (AvgIpc) is 3.46. The molecule has 1 amide bonds. The predicted octanol–water partition coefficient (Wildman–Crippen LogP) is 7.21. The summed E-state index contributed by atoms with van der Waals surface area (Å²) in [7, 11) is 0. The van der Waals surface area contributed by atoms with Gasteiger partial charge in [0.15, 0.2) is 22.4 Å². The van der Waals surface area contributed by atoms with Gasteiger partial charge in [-0.15, -0.1) is 0 Å². The van der Waals surface area contributed by atoms with Crippen molar-refractivity contribution in [3.8, 4) is 0 Å². The van der Waals surface area contributed by atoms with E-state index in [4.69, 9.17) is 13.8 Å². The first-order chi connectivity index (χ1) is 19.4. The number of carbonyl (C=O) groups excluding carboxylic acids is 1. The Kier molecular flexibility index (Phi) is 7.29. The second-order valence-electron chi connectivity index (χ2n) is 14.7. The second-order valence-corrected chi connectivity index (χ2v) is 14.7. The fraction of sp³-hybridized carbons (Fsp3) is 0.500. The fourth-order valence-corrected chi connectivity index (χ4v) is 5.44. The molecule has 1 aliphatic carbocycles. The van der Waals surface area contributed by atoms with E-state index >= 15 is 0 Å². The molecule has 0 bridgehead atoms. The number of oxazole rings is 1. The highest BCUT2D eigenvalue weighted by Gasteiger charge is 2.29. The van der Waals surface area contributed by atoms with Gasteiger partial charge in [0.05, 0.1) is 23.2 Å². The van der Waals surface area contributed by atoms with E-state index in [2.05, 4.69) is 85.1 Å². The van der Waals surface area contributed by atoms with Gasteiger partial charge in [0.2, 0.25) is 0 Å². The first kappa shape index (κ1) is 29.8. The molecule has 0 unspecified atom stereocenters. The molecule has 224 valence electrons. The Hall–Kier alpha value is -3.65. The summed E-state index contributed by atoms with van der Waals surface area (Å²) in [5, 5.41) is 16.6. The molecule has 8 heteroatoms. The lowest BCUT2D eigenvalue weighted by atomic mass is 9.80. The third kappa shape index (κ3) is 5.82. The molecule has 2 atom stereocenters. The maximum Gasteiger partial charge on any atom is 0.300 e. The van der Waals surface area contributed by atoms with Crippen molar-refractivity contribution >= 4 is 39.7 Å². The van der Waals surface area contributed by atoms with Gasteiger partial charge >= 0.3 is 0 Å². The first-order valence-corrected chi connectivity index (χ1v) is 14.8. The topological polar surface area (TPSA) is 118 Å². The minimum Gasteiger partial charge on any atom is -0.448 e. The van der Waals surface area contributed by atoms with Crippen LogP contribution in [0.25, 0.3) is 22.1 Å². The Balaban J connectivity index is 1.64. The van der Waals surface area contributed by atoms with Gasteiger partial charge < -0.3 is 24.6 Å². The number of hydrogen-bond donors (Lipinski definition) is 3. The van der Waals surface area contributed by atoms with Gasteiger partial charge in [-0.05, 0) is 64.8 Å². The molecule has 0 saturated heterocycles. The van der Waals surface area contributed by atoms with Crippen molar-refractivity contribution < 1.29 is 18.7 Å². The van der Waals surface area contributed by atoms with Crippen molar-refractivity contribution in [3.05, 3.63) is 63.0 Å². The molecule has 42 heavy (non-hydrogen) atoms. The molecule has 0 radical (unpaired) electrons. The standard InChI is InChI=1S/C34H43N3O5/c1-32(2,3)18-13-20-26(39)17-27(30(40)35-22-11-10-12-25(22)38)41-28(20)23(15-18)36-31-37-24-16-19(33(4,5)6)14-21(29(24)42-31)34(7,8)9/h13-17,22,25,38H,10-12H2,1-9H3,(H,35,40)(H,36,37)/t22-,25-/m0/s1. The van der Waals surface area contributed by atoms with E-state index in [-0.39, 0.29) is 45.1 Å². The number of benzene rings is 2. The van der Waals surface area contributed by atoms with E-state index in [1.807, 2.05) is 12.1 Å². The molecule has 2 aromatic heterocycles. The highest BCUT2D eigenvalue weighted by molar-refractivity contribution is 5.96. The summed E-state index contributed by atoms with van der Waals surface area (Å²) in [6.07, 6.45) is 1.53. The van der Waals surface area contributed by atoms with Crippen LogP contribution in [0.2, 0.25) is 0 Å². The van der Waals surface area contributed by atoms with Crippen LogP contribution < -0.4 is 16.1 Å². The molecule has 5 rings (SSSR count). The van der Waals surface area contributed by atoms with Crippen LogP contribution in [0.5, 0.6) is 0 Å². The molecule has 3 N–H and O–H groups in total. The van der Waals surface area contributed by atoms with E-state index in [1.165, 1.54) is 6.07 Å². The Morgan fingerprint density at radius 1 is 0.857 bits per heavy atom. The molecule has 1 saturated carbocycles. The summed E-state index contributed by atoms with van der Waals surface area (Å²) in [6.45, 7) is 19.2. The van der Waals surface area contributed by atoms with Crippen LogP contribution in [0, 0.1) is 0 Å². The normalized spacial score (nSPS) is 18.1. The number of nitrogens with one attached hydrogen (secondary N) is 2. The monoisotopic (exact) mass is 573 g/mol. The van der Waals surface area contributed by atoms with E-state index in [0.717, 1.165) is 28.6 Å². The molecule has 1 aliphatic rings. The lowest BCUT2D eigenvalue weighted by molar-refractivity contribution is 0.0847. The van der Waals surface area contributed by atoms with Crippen molar-refractivity contribution in [1.29, 1.82) is 0 Å². The van der Waals surface area contributed by atoms with Crippen LogP contribution in [-0.4, -0.2) is 28.1 Å². The van der Waals surface area contributed by atoms with Gasteiger partial charge in [0.1, 0.15) is 5.52 Å². The highest BCUT2D eigenvalue weighted by Crippen LogP contribution is 2.38. The number of fused-ring (bicyclic) bond motifs is 2. The molecule has 0 aliphatic heterocycles. The van der Waals surface area contributed by atoms with E-state index in [9.17, 15) is 14.7 Å². The summed E-state index contributed by atoms with van der Waals surface area (Å²) in [5.74, 6) is -0.641. The lowest BCUT2D eigenvalue weighted by Crippen LogP contribution is -2.40. The molecule has 2 aromatic carbocycles. The van der Waals surface area contributed by atoms with Crippen molar-refractivity contribution in [2.24, 2.45) is 0 Å². The number of rotatable bonds is 4. The zero-order valence-electron chi connectivity index (χ0n) is 26.2. The smallest absolute Gasteiger partial charge is 0.300 e. The van der Waals surface area contributed by atoms with Crippen LogP contribution >= 0.6 is 0 Å². The Morgan fingerprint density at radius 2 is 1.52 bits per heavy atom. The maximum atomic E-state index is 13.4. The number of aliphatic hydroxyl groups is 1. The van der Waals surface area contributed by atoms with Crippen molar-refractivity contribution in [3.63, 3.8) is 0 Å². The van der Waals surface area contributed by atoms with Gasteiger partial charge in [-0.3, -0.25) is 9.59 Å². The summed E-state index contributed by atoms with van der Waals surface area (Å²) in [6, 6.07) is 9.09. The van der Waals surface area contributed by atoms with Gasteiger partial charge in [-0.25, -0.2) is 0 Å². The largest absolute Gasteiger partial charge is 0.448 e. The molecular formula is C34H43N3O5. The third-order valence-corrected chi connectivity index (χ3v) is 8.12. The number of nitrogens with zero attached hydrogens (tertiary/aromatic N) is 1. The number of anilines is 2. The zero-order chi connectivity index (χ0) is 30.8. The Morgan fingerprint density at radius 3 is 2.12 bits per heavy atom. The molecule has 1 fully saturated rings. The highest BCUT2D eigenvalue weighted by atomic mass is 16.4. The average molecular weight is 574 g/mol.